The molecule has 0 bridgehead atoms. The molecular formula is C13H19NO3S. The number of carbonyl (C=O) groups is 1. The molecule has 0 radical (unpaired) electrons. The van der Waals surface area contributed by atoms with E-state index in [1.165, 1.54) is 0 Å². The lowest BCUT2D eigenvalue weighted by Crippen LogP contribution is -2.15. The second-order valence-corrected chi connectivity index (χ2v) is 6.65. The zero-order valence-corrected chi connectivity index (χ0v) is 11.4. The molecule has 0 aliphatic rings. The third-order valence-electron chi connectivity index (χ3n) is 2.86. The summed E-state index contributed by atoms with van der Waals surface area (Å²) in [6.45, 7) is 1.97. The molecule has 0 aromatic heterocycles. The van der Waals surface area contributed by atoms with Crippen LogP contribution in [0.1, 0.15) is 24.5 Å². The van der Waals surface area contributed by atoms with Crippen molar-refractivity contribution in [2.24, 2.45) is 5.73 Å². The van der Waals surface area contributed by atoms with Crippen molar-refractivity contribution < 1.29 is 13.2 Å². The van der Waals surface area contributed by atoms with Gasteiger partial charge in [0.1, 0.15) is 15.6 Å². The van der Waals surface area contributed by atoms with Gasteiger partial charge in [0.2, 0.25) is 0 Å². The Kier molecular flexibility index (Phi) is 5.50. The van der Waals surface area contributed by atoms with Crippen LogP contribution in [0.15, 0.2) is 24.3 Å². The SMILES string of the molecule is CCS(=O)(=O)CCC(=O)Cc1ccccc1CN. The summed E-state index contributed by atoms with van der Waals surface area (Å²) in [5.74, 6) is -0.0415. The third-order valence-corrected chi connectivity index (χ3v) is 4.56. The molecule has 5 heteroatoms. The van der Waals surface area contributed by atoms with E-state index in [1.807, 2.05) is 24.3 Å². The average Bonchev–Trinajstić information content (AvgIpc) is 2.37. The van der Waals surface area contributed by atoms with Crippen LogP contribution in [0.4, 0.5) is 0 Å². The topological polar surface area (TPSA) is 77.2 Å². The van der Waals surface area contributed by atoms with Crippen LogP contribution in [0.3, 0.4) is 0 Å². The number of hydrogen-bond donors (Lipinski definition) is 1. The van der Waals surface area contributed by atoms with Crippen molar-refractivity contribution in [1.29, 1.82) is 0 Å². The van der Waals surface area contributed by atoms with Crippen molar-refractivity contribution in [2.75, 3.05) is 11.5 Å². The maximum absolute atomic E-state index is 11.7. The minimum Gasteiger partial charge on any atom is -0.326 e. The second-order valence-electron chi connectivity index (χ2n) is 4.17. The average molecular weight is 269 g/mol. The summed E-state index contributed by atoms with van der Waals surface area (Å²) in [6, 6.07) is 7.46. The molecule has 18 heavy (non-hydrogen) atoms. The molecule has 1 aromatic carbocycles. The summed E-state index contributed by atoms with van der Waals surface area (Å²) in [5.41, 5.74) is 7.41. The fourth-order valence-electron chi connectivity index (χ4n) is 1.64. The number of Topliss-reactive ketones (excluding diaryl/α,β-unsaturated/α-hetero) is 1. The number of benzene rings is 1. The first-order chi connectivity index (χ1) is 8.48. The molecule has 0 spiro atoms. The molecule has 1 aromatic rings. The molecule has 0 fully saturated rings. The Labute approximate surface area is 108 Å². The maximum atomic E-state index is 11.7. The highest BCUT2D eigenvalue weighted by atomic mass is 32.2. The molecule has 0 heterocycles. The van der Waals surface area contributed by atoms with E-state index in [0.717, 1.165) is 11.1 Å². The fourth-order valence-corrected chi connectivity index (χ4v) is 2.47. The molecule has 0 unspecified atom stereocenters. The van der Waals surface area contributed by atoms with Crippen LogP contribution in [0.5, 0.6) is 0 Å². The van der Waals surface area contributed by atoms with Crippen molar-refractivity contribution in [3.05, 3.63) is 35.4 Å². The minimum atomic E-state index is -3.07. The van der Waals surface area contributed by atoms with E-state index in [-0.39, 0.29) is 30.1 Å². The van der Waals surface area contributed by atoms with Crippen molar-refractivity contribution in [2.45, 2.75) is 26.3 Å². The third kappa shape index (κ3) is 4.58. The van der Waals surface area contributed by atoms with E-state index in [1.54, 1.807) is 6.92 Å². The van der Waals surface area contributed by atoms with E-state index in [2.05, 4.69) is 0 Å². The summed E-state index contributed by atoms with van der Waals surface area (Å²) in [7, 11) is -3.07. The smallest absolute Gasteiger partial charge is 0.150 e. The molecule has 0 aliphatic heterocycles. The predicted molar refractivity (Wildman–Crippen MR) is 72.0 cm³/mol. The fraction of sp³-hybridized carbons (Fsp3) is 0.462. The molecule has 1 rings (SSSR count). The quantitative estimate of drug-likeness (QED) is 0.803. The van der Waals surface area contributed by atoms with Gasteiger partial charge in [-0.1, -0.05) is 31.2 Å². The maximum Gasteiger partial charge on any atom is 0.150 e. The summed E-state index contributed by atoms with van der Waals surface area (Å²) in [5, 5.41) is 0. The summed E-state index contributed by atoms with van der Waals surface area (Å²) < 4.78 is 22.6. The van der Waals surface area contributed by atoms with E-state index in [4.69, 9.17) is 5.73 Å². The standard InChI is InChI=1S/C13H19NO3S/c1-2-18(16,17)8-7-13(15)9-11-5-3-4-6-12(11)10-14/h3-6H,2,7-10,14H2,1H3. The highest BCUT2D eigenvalue weighted by Gasteiger charge is 2.12. The van der Waals surface area contributed by atoms with Gasteiger partial charge in [-0.15, -0.1) is 0 Å². The first-order valence-electron chi connectivity index (χ1n) is 5.97. The molecule has 0 saturated carbocycles. The van der Waals surface area contributed by atoms with Gasteiger partial charge < -0.3 is 5.73 Å². The zero-order chi connectivity index (χ0) is 13.6. The lowest BCUT2D eigenvalue weighted by Gasteiger charge is -2.06. The Morgan fingerprint density at radius 1 is 1.22 bits per heavy atom. The normalized spacial score (nSPS) is 11.4. The zero-order valence-electron chi connectivity index (χ0n) is 10.6. The number of hydrogen-bond acceptors (Lipinski definition) is 4. The Bertz CT molecular complexity index is 509. The van der Waals surface area contributed by atoms with Crippen LogP contribution in [-0.2, 0) is 27.6 Å². The van der Waals surface area contributed by atoms with Crippen molar-refractivity contribution >= 4 is 15.6 Å². The van der Waals surface area contributed by atoms with E-state index < -0.39 is 9.84 Å². The van der Waals surface area contributed by atoms with E-state index in [9.17, 15) is 13.2 Å². The number of rotatable bonds is 7. The van der Waals surface area contributed by atoms with Gasteiger partial charge >= 0.3 is 0 Å². The van der Waals surface area contributed by atoms with Crippen molar-refractivity contribution in [3.8, 4) is 0 Å². The minimum absolute atomic E-state index is 0.0621. The van der Waals surface area contributed by atoms with E-state index >= 15 is 0 Å². The molecule has 0 saturated heterocycles. The van der Waals surface area contributed by atoms with Gasteiger partial charge in [-0.3, -0.25) is 4.79 Å². The largest absolute Gasteiger partial charge is 0.326 e. The highest BCUT2D eigenvalue weighted by molar-refractivity contribution is 7.91. The van der Waals surface area contributed by atoms with Gasteiger partial charge in [0.25, 0.3) is 0 Å². The molecule has 0 amide bonds. The number of nitrogens with two attached hydrogens (primary N) is 1. The second kappa shape index (κ2) is 6.66. The lowest BCUT2D eigenvalue weighted by molar-refractivity contribution is -0.118. The van der Waals surface area contributed by atoms with E-state index in [0.29, 0.717) is 6.54 Å². The first-order valence-corrected chi connectivity index (χ1v) is 7.79. The number of sulfone groups is 1. The van der Waals surface area contributed by atoms with Gasteiger partial charge in [-0.05, 0) is 11.1 Å². The summed E-state index contributed by atoms with van der Waals surface area (Å²) in [4.78, 5) is 11.7. The predicted octanol–water partition coefficient (Wildman–Crippen LogP) is 1.08. The van der Waals surface area contributed by atoms with Crippen LogP contribution < -0.4 is 5.73 Å². The van der Waals surface area contributed by atoms with Crippen LogP contribution in [-0.4, -0.2) is 25.7 Å². The summed E-state index contributed by atoms with van der Waals surface area (Å²) >= 11 is 0. The molecule has 0 aliphatic carbocycles. The van der Waals surface area contributed by atoms with Crippen LogP contribution in [0.2, 0.25) is 0 Å². The highest BCUT2D eigenvalue weighted by Crippen LogP contribution is 2.10. The number of ketones is 1. The van der Waals surface area contributed by atoms with Gasteiger partial charge in [-0.25, -0.2) is 8.42 Å². The van der Waals surface area contributed by atoms with Gasteiger partial charge in [-0.2, -0.15) is 0 Å². The monoisotopic (exact) mass is 269 g/mol. The van der Waals surface area contributed by atoms with Crippen molar-refractivity contribution in [1.82, 2.24) is 0 Å². The van der Waals surface area contributed by atoms with Gasteiger partial charge in [0, 0.05) is 25.1 Å². The van der Waals surface area contributed by atoms with Crippen LogP contribution >= 0.6 is 0 Å². The van der Waals surface area contributed by atoms with Gasteiger partial charge in [0.15, 0.2) is 0 Å². The first kappa shape index (κ1) is 14.9. The molecule has 4 nitrogen and oxygen atoms in total. The molecule has 0 atom stereocenters. The van der Waals surface area contributed by atoms with Crippen LogP contribution in [0, 0.1) is 0 Å². The van der Waals surface area contributed by atoms with Crippen LogP contribution in [0.25, 0.3) is 0 Å². The Balaban J connectivity index is 2.60. The number of carbonyl (C=O) groups excluding carboxylic acids is 1. The Hall–Kier alpha value is -1.20. The molecule has 2 N–H and O–H groups in total. The molecule has 100 valence electrons. The Morgan fingerprint density at radius 2 is 1.83 bits per heavy atom. The van der Waals surface area contributed by atoms with Gasteiger partial charge in [0.05, 0.1) is 5.75 Å². The molecular weight excluding hydrogens is 250 g/mol. The Morgan fingerprint density at radius 3 is 2.39 bits per heavy atom. The lowest BCUT2D eigenvalue weighted by atomic mass is 10.0. The summed E-state index contributed by atoms with van der Waals surface area (Å²) in [6.07, 6.45) is 0.335. The van der Waals surface area contributed by atoms with Crippen molar-refractivity contribution in [3.63, 3.8) is 0 Å².